The molecule has 25 heavy (non-hydrogen) atoms. The van der Waals surface area contributed by atoms with Crippen molar-refractivity contribution < 1.29 is 9.59 Å². The van der Waals surface area contributed by atoms with Gasteiger partial charge in [0.05, 0.1) is 12.4 Å². The Morgan fingerprint density at radius 2 is 2.20 bits per heavy atom. The van der Waals surface area contributed by atoms with Crippen molar-refractivity contribution in [2.45, 2.75) is 19.5 Å². The van der Waals surface area contributed by atoms with Crippen LogP contribution in [0.4, 0.5) is 0 Å². The number of nitrogens with zero attached hydrogens (tertiary/aromatic N) is 3. The highest BCUT2D eigenvalue weighted by Gasteiger charge is 2.30. The molecule has 2 N–H and O–H groups in total. The summed E-state index contributed by atoms with van der Waals surface area (Å²) >= 11 is 0. The summed E-state index contributed by atoms with van der Waals surface area (Å²) in [6, 6.07) is 7.43. The molecule has 2 heterocycles. The Balaban J connectivity index is 1.83. The van der Waals surface area contributed by atoms with Crippen LogP contribution in [0.1, 0.15) is 34.6 Å². The van der Waals surface area contributed by atoms with Gasteiger partial charge >= 0.3 is 0 Å². The van der Waals surface area contributed by atoms with Gasteiger partial charge in [-0.2, -0.15) is 0 Å². The molecule has 1 atom stereocenters. The Morgan fingerprint density at radius 1 is 1.36 bits per heavy atom. The third kappa shape index (κ3) is 3.88. The molecule has 1 aliphatic rings. The van der Waals surface area contributed by atoms with Gasteiger partial charge in [0, 0.05) is 57.6 Å². The van der Waals surface area contributed by atoms with E-state index in [0.29, 0.717) is 12.1 Å². The molecule has 1 fully saturated rings. The molecule has 2 amide bonds. The van der Waals surface area contributed by atoms with E-state index in [1.54, 1.807) is 26.4 Å². The quantitative estimate of drug-likeness (QED) is 0.875. The predicted octanol–water partition coefficient (Wildman–Crippen LogP) is 1.17. The third-order valence-corrected chi connectivity index (χ3v) is 4.58. The minimum absolute atomic E-state index is 0.0523. The standard InChI is InChI=1S/C18H23N5O2/c1-13(24)23-7-6-22(10-16-9-20-12-21-16)11-17(23)14-4-3-5-15(8-14)18(25)19-2/h3-5,8-9,12,17H,6-7,10-11H2,1-2H3,(H,19,25)(H,20,21)/t17-/m0/s1. The highest BCUT2D eigenvalue weighted by atomic mass is 16.2. The number of amides is 2. The normalized spacial score (nSPS) is 18.2. The second-order valence-corrected chi connectivity index (χ2v) is 6.24. The Kier molecular flexibility index (Phi) is 5.14. The number of hydrogen-bond acceptors (Lipinski definition) is 4. The number of piperazine rings is 1. The lowest BCUT2D eigenvalue weighted by molar-refractivity contribution is -0.134. The first kappa shape index (κ1) is 17.2. The average Bonchev–Trinajstić information content (AvgIpc) is 3.14. The van der Waals surface area contributed by atoms with E-state index < -0.39 is 0 Å². The molecular weight excluding hydrogens is 318 g/mol. The number of rotatable bonds is 4. The van der Waals surface area contributed by atoms with Gasteiger partial charge in [0.1, 0.15) is 0 Å². The number of imidazole rings is 1. The number of aromatic amines is 1. The van der Waals surface area contributed by atoms with Gasteiger partial charge in [0.15, 0.2) is 0 Å². The number of H-pyrrole nitrogens is 1. The van der Waals surface area contributed by atoms with Gasteiger partial charge in [-0.05, 0) is 17.7 Å². The van der Waals surface area contributed by atoms with Crippen molar-refractivity contribution in [1.82, 2.24) is 25.1 Å². The topological polar surface area (TPSA) is 81.3 Å². The molecule has 1 saturated heterocycles. The van der Waals surface area contributed by atoms with Gasteiger partial charge in [-0.15, -0.1) is 0 Å². The van der Waals surface area contributed by atoms with Crippen LogP contribution in [0.5, 0.6) is 0 Å². The zero-order valence-corrected chi connectivity index (χ0v) is 14.5. The molecule has 0 saturated carbocycles. The first-order valence-corrected chi connectivity index (χ1v) is 8.37. The molecule has 1 aliphatic heterocycles. The fraction of sp³-hybridized carbons (Fsp3) is 0.389. The Hall–Kier alpha value is -2.67. The third-order valence-electron chi connectivity index (χ3n) is 4.58. The van der Waals surface area contributed by atoms with Crippen LogP contribution >= 0.6 is 0 Å². The fourth-order valence-corrected chi connectivity index (χ4v) is 3.29. The Bertz CT molecular complexity index is 744. The molecule has 2 aromatic rings. The summed E-state index contributed by atoms with van der Waals surface area (Å²) in [6.45, 7) is 4.55. The molecule has 0 unspecified atom stereocenters. The SMILES string of the molecule is CNC(=O)c1cccc([C@@H]2CN(Cc3cnc[nH]3)CCN2C(C)=O)c1. The molecule has 0 bridgehead atoms. The van der Waals surface area contributed by atoms with E-state index in [-0.39, 0.29) is 17.9 Å². The summed E-state index contributed by atoms with van der Waals surface area (Å²) < 4.78 is 0. The molecule has 3 rings (SSSR count). The highest BCUT2D eigenvalue weighted by Crippen LogP contribution is 2.27. The zero-order valence-electron chi connectivity index (χ0n) is 14.5. The number of nitrogens with one attached hydrogen (secondary N) is 2. The summed E-state index contributed by atoms with van der Waals surface area (Å²) in [7, 11) is 1.61. The van der Waals surface area contributed by atoms with E-state index in [0.717, 1.165) is 30.9 Å². The number of hydrogen-bond donors (Lipinski definition) is 2. The monoisotopic (exact) mass is 341 g/mol. The summed E-state index contributed by atoms with van der Waals surface area (Å²) in [5.74, 6) is -0.0714. The van der Waals surface area contributed by atoms with Gasteiger partial charge in [-0.25, -0.2) is 4.98 Å². The van der Waals surface area contributed by atoms with Crippen LogP contribution in [0.2, 0.25) is 0 Å². The molecule has 7 heteroatoms. The molecule has 132 valence electrons. The van der Waals surface area contributed by atoms with Crippen LogP contribution in [-0.4, -0.2) is 58.3 Å². The first-order valence-electron chi connectivity index (χ1n) is 8.37. The summed E-state index contributed by atoms with van der Waals surface area (Å²) in [5.41, 5.74) is 2.63. The maximum absolute atomic E-state index is 12.1. The molecule has 0 spiro atoms. The predicted molar refractivity (Wildman–Crippen MR) is 93.8 cm³/mol. The average molecular weight is 341 g/mol. The van der Waals surface area contributed by atoms with Crippen LogP contribution < -0.4 is 5.32 Å². The van der Waals surface area contributed by atoms with Crippen molar-refractivity contribution in [3.05, 3.63) is 53.6 Å². The van der Waals surface area contributed by atoms with E-state index in [1.807, 2.05) is 29.3 Å². The van der Waals surface area contributed by atoms with Gasteiger partial charge in [-0.3, -0.25) is 14.5 Å². The van der Waals surface area contributed by atoms with Crippen molar-refractivity contribution in [1.29, 1.82) is 0 Å². The van der Waals surface area contributed by atoms with E-state index >= 15 is 0 Å². The smallest absolute Gasteiger partial charge is 0.251 e. The minimum Gasteiger partial charge on any atom is -0.355 e. The zero-order chi connectivity index (χ0) is 17.8. The summed E-state index contributed by atoms with van der Waals surface area (Å²) in [6.07, 6.45) is 3.49. The van der Waals surface area contributed by atoms with Gasteiger partial charge in [0.2, 0.25) is 5.91 Å². The fourth-order valence-electron chi connectivity index (χ4n) is 3.29. The van der Waals surface area contributed by atoms with Crippen LogP contribution in [0, 0.1) is 0 Å². The molecule has 0 radical (unpaired) electrons. The highest BCUT2D eigenvalue weighted by molar-refractivity contribution is 5.94. The van der Waals surface area contributed by atoms with Crippen LogP contribution in [0.3, 0.4) is 0 Å². The summed E-state index contributed by atoms with van der Waals surface area (Å²) in [4.78, 5) is 35.4. The van der Waals surface area contributed by atoms with Crippen molar-refractivity contribution in [2.24, 2.45) is 0 Å². The van der Waals surface area contributed by atoms with Gasteiger partial charge in [-0.1, -0.05) is 12.1 Å². The molecule has 0 aliphatic carbocycles. The van der Waals surface area contributed by atoms with E-state index in [4.69, 9.17) is 0 Å². The van der Waals surface area contributed by atoms with Gasteiger partial charge < -0.3 is 15.2 Å². The van der Waals surface area contributed by atoms with Crippen molar-refractivity contribution in [3.8, 4) is 0 Å². The number of benzene rings is 1. The minimum atomic E-state index is -0.124. The van der Waals surface area contributed by atoms with E-state index in [1.165, 1.54) is 0 Å². The lowest BCUT2D eigenvalue weighted by Crippen LogP contribution is -2.49. The lowest BCUT2D eigenvalue weighted by Gasteiger charge is -2.41. The molecular formula is C18H23N5O2. The molecule has 1 aromatic carbocycles. The van der Waals surface area contributed by atoms with Crippen LogP contribution in [0.25, 0.3) is 0 Å². The summed E-state index contributed by atoms with van der Waals surface area (Å²) in [5, 5.41) is 2.64. The number of carbonyl (C=O) groups is 2. The Morgan fingerprint density at radius 3 is 2.88 bits per heavy atom. The van der Waals surface area contributed by atoms with Crippen LogP contribution in [-0.2, 0) is 11.3 Å². The maximum atomic E-state index is 12.1. The van der Waals surface area contributed by atoms with Crippen molar-refractivity contribution in [2.75, 3.05) is 26.7 Å². The van der Waals surface area contributed by atoms with Crippen LogP contribution in [0.15, 0.2) is 36.8 Å². The first-order chi connectivity index (χ1) is 12.1. The number of aromatic nitrogens is 2. The van der Waals surface area contributed by atoms with Crippen molar-refractivity contribution >= 4 is 11.8 Å². The maximum Gasteiger partial charge on any atom is 0.251 e. The lowest BCUT2D eigenvalue weighted by atomic mass is 9.99. The largest absolute Gasteiger partial charge is 0.355 e. The molecule has 7 nitrogen and oxygen atoms in total. The molecule has 1 aromatic heterocycles. The number of carbonyl (C=O) groups excluding carboxylic acids is 2. The second-order valence-electron chi connectivity index (χ2n) is 6.24. The Labute approximate surface area is 147 Å². The van der Waals surface area contributed by atoms with Crippen molar-refractivity contribution in [3.63, 3.8) is 0 Å². The van der Waals surface area contributed by atoms with E-state index in [9.17, 15) is 9.59 Å². The van der Waals surface area contributed by atoms with Gasteiger partial charge in [0.25, 0.3) is 5.91 Å². The second kappa shape index (κ2) is 7.48. The van der Waals surface area contributed by atoms with E-state index in [2.05, 4.69) is 20.2 Å².